The lowest BCUT2D eigenvalue weighted by molar-refractivity contribution is -0.166. The van der Waals surface area contributed by atoms with Gasteiger partial charge >= 0.3 is 17.9 Å². The van der Waals surface area contributed by atoms with Crippen LogP contribution in [0.25, 0.3) is 11.0 Å². The SMILES string of the molecule is CSc1nc(SC)c2c(C(N)=S)nn([C@@H]3O[C@H](COC(C)=O)[C@@H](OC(C)=O)[C@H]3OC(C)=O)c2n1. The molecule has 4 atom stereocenters. The summed E-state index contributed by atoms with van der Waals surface area (Å²) in [6.45, 7) is 3.40. The van der Waals surface area contributed by atoms with Gasteiger partial charge in [-0.15, -0.1) is 11.8 Å². The summed E-state index contributed by atoms with van der Waals surface area (Å²) >= 11 is 7.88. The van der Waals surface area contributed by atoms with Crippen LogP contribution in [-0.4, -0.2) is 80.1 Å². The molecule has 2 aromatic heterocycles. The van der Waals surface area contributed by atoms with E-state index in [4.69, 9.17) is 36.9 Å². The molecular formula is C19H23N5O7S3. The van der Waals surface area contributed by atoms with E-state index >= 15 is 0 Å². The Kier molecular flexibility index (Phi) is 8.33. The largest absolute Gasteiger partial charge is 0.463 e. The molecule has 0 saturated carbocycles. The van der Waals surface area contributed by atoms with Crippen molar-refractivity contribution in [2.45, 2.75) is 55.5 Å². The van der Waals surface area contributed by atoms with E-state index in [-0.39, 0.29) is 17.3 Å². The molecule has 3 rings (SSSR count). The summed E-state index contributed by atoms with van der Waals surface area (Å²) in [4.78, 5) is 44.2. The number of thioether (sulfide) groups is 2. The van der Waals surface area contributed by atoms with Gasteiger partial charge in [-0.05, 0) is 12.5 Å². The molecule has 3 heterocycles. The molecule has 1 saturated heterocycles. The first-order chi connectivity index (χ1) is 16.1. The fraction of sp³-hybridized carbons (Fsp3) is 0.526. The zero-order valence-corrected chi connectivity index (χ0v) is 21.4. The molecule has 2 aromatic rings. The van der Waals surface area contributed by atoms with Crippen LogP contribution in [0.5, 0.6) is 0 Å². The first-order valence-corrected chi connectivity index (χ1v) is 12.7. The number of esters is 3. The van der Waals surface area contributed by atoms with Gasteiger partial charge in [0.2, 0.25) is 0 Å². The summed E-state index contributed by atoms with van der Waals surface area (Å²) in [5, 5.41) is 6.08. The average molecular weight is 530 g/mol. The Morgan fingerprint density at radius 1 is 1.06 bits per heavy atom. The first kappa shape index (κ1) is 26.1. The maximum atomic E-state index is 12.0. The maximum absolute atomic E-state index is 12.0. The van der Waals surface area contributed by atoms with E-state index in [2.05, 4.69) is 15.1 Å². The topological polar surface area (TPSA) is 158 Å². The minimum Gasteiger partial charge on any atom is -0.463 e. The Hall–Kier alpha value is -2.49. The molecule has 1 aliphatic rings. The molecule has 15 heteroatoms. The number of nitrogens with zero attached hydrogens (tertiary/aromatic N) is 4. The summed E-state index contributed by atoms with van der Waals surface area (Å²) in [6.07, 6.45) is -0.600. The molecule has 12 nitrogen and oxygen atoms in total. The molecule has 2 N–H and O–H groups in total. The minimum absolute atomic E-state index is 0.00887. The van der Waals surface area contributed by atoms with Gasteiger partial charge in [0.25, 0.3) is 0 Å². The third-order valence-electron chi connectivity index (χ3n) is 4.69. The number of carbonyl (C=O) groups is 3. The van der Waals surface area contributed by atoms with Crippen molar-refractivity contribution in [2.75, 3.05) is 19.1 Å². The number of ether oxygens (including phenoxy) is 4. The van der Waals surface area contributed by atoms with Crippen LogP contribution in [-0.2, 0) is 33.3 Å². The molecule has 34 heavy (non-hydrogen) atoms. The Morgan fingerprint density at radius 2 is 1.71 bits per heavy atom. The van der Waals surface area contributed by atoms with E-state index in [1.807, 2.05) is 12.5 Å². The van der Waals surface area contributed by atoms with Gasteiger partial charge in [-0.3, -0.25) is 14.4 Å². The fourth-order valence-electron chi connectivity index (χ4n) is 3.47. The highest BCUT2D eigenvalue weighted by atomic mass is 32.2. The number of nitrogens with two attached hydrogens (primary N) is 1. The number of hydrogen-bond donors (Lipinski definition) is 1. The van der Waals surface area contributed by atoms with Gasteiger partial charge in [0, 0.05) is 20.8 Å². The minimum atomic E-state index is -1.13. The molecule has 1 aliphatic heterocycles. The van der Waals surface area contributed by atoms with Gasteiger partial charge in [-0.2, -0.15) is 5.10 Å². The number of thiocarbonyl (C=S) groups is 1. The summed E-state index contributed by atoms with van der Waals surface area (Å²) in [6, 6.07) is 0. The standard InChI is InChI=1S/C19H23N5O7S3/c1-7(25)28-6-10-13(29-8(2)26)14(30-9(3)27)18(31-10)24-16-11(12(23-24)15(20)32)17(33-4)22-19(21-16)34-5/h10,13-14,18H,6H2,1-5H3,(H2,20,32)/t10-,13-,14-,18-/m1/s1. The lowest BCUT2D eigenvalue weighted by atomic mass is 10.1. The second-order valence-electron chi connectivity index (χ2n) is 7.09. The van der Waals surface area contributed by atoms with Gasteiger partial charge in [-0.25, -0.2) is 14.6 Å². The number of carbonyl (C=O) groups excluding carboxylic acids is 3. The summed E-state index contributed by atoms with van der Waals surface area (Å²) in [5.41, 5.74) is 6.54. The van der Waals surface area contributed by atoms with E-state index in [1.165, 1.54) is 49.0 Å². The van der Waals surface area contributed by atoms with E-state index in [0.29, 0.717) is 21.2 Å². The Balaban J connectivity index is 2.20. The second kappa shape index (κ2) is 10.8. The van der Waals surface area contributed by atoms with Crippen molar-refractivity contribution in [1.82, 2.24) is 19.7 Å². The lowest BCUT2D eigenvalue weighted by Gasteiger charge is -2.23. The molecule has 0 radical (unpaired) electrons. The van der Waals surface area contributed by atoms with Crippen molar-refractivity contribution >= 4 is 69.7 Å². The van der Waals surface area contributed by atoms with Crippen LogP contribution in [0.2, 0.25) is 0 Å². The molecular weight excluding hydrogens is 506 g/mol. The number of hydrogen-bond acceptors (Lipinski definition) is 13. The van der Waals surface area contributed by atoms with E-state index in [0.717, 1.165) is 0 Å². The number of rotatable bonds is 8. The molecule has 0 unspecified atom stereocenters. The summed E-state index contributed by atoms with van der Waals surface area (Å²) in [7, 11) is 0. The Bertz CT molecular complexity index is 1140. The van der Waals surface area contributed by atoms with Crippen LogP contribution in [0.4, 0.5) is 0 Å². The third-order valence-corrected chi connectivity index (χ3v) is 6.11. The highest BCUT2D eigenvalue weighted by Crippen LogP contribution is 2.38. The zero-order chi connectivity index (χ0) is 25.2. The van der Waals surface area contributed by atoms with Crippen molar-refractivity contribution in [3.63, 3.8) is 0 Å². The van der Waals surface area contributed by atoms with E-state index in [9.17, 15) is 14.4 Å². The van der Waals surface area contributed by atoms with E-state index < -0.39 is 42.4 Å². The average Bonchev–Trinajstić information content (AvgIpc) is 3.29. The molecule has 0 aromatic carbocycles. The van der Waals surface area contributed by atoms with Crippen LogP contribution in [0.15, 0.2) is 10.2 Å². The van der Waals surface area contributed by atoms with Gasteiger partial charge in [0.1, 0.15) is 28.4 Å². The first-order valence-electron chi connectivity index (χ1n) is 9.88. The van der Waals surface area contributed by atoms with E-state index in [1.54, 1.807) is 0 Å². The molecule has 0 aliphatic carbocycles. The number of aromatic nitrogens is 4. The van der Waals surface area contributed by atoms with Gasteiger partial charge in [0.05, 0.1) is 5.39 Å². The van der Waals surface area contributed by atoms with Crippen molar-refractivity contribution in [1.29, 1.82) is 0 Å². The van der Waals surface area contributed by atoms with Gasteiger partial charge in [-0.1, -0.05) is 24.0 Å². The third kappa shape index (κ3) is 5.42. The van der Waals surface area contributed by atoms with Crippen molar-refractivity contribution in [2.24, 2.45) is 5.73 Å². The Morgan fingerprint density at radius 3 is 2.24 bits per heavy atom. The van der Waals surface area contributed by atoms with Crippen LogP contribution in [0.1, 0.15) is 32.7 Å². The molecule has 0 bridgehead atoms. The van der Waals surface area contributed by atoms with Crippen LogP contribution in [0, 0.1) is 0 Å². The zero-order valence-electron chi connectivity index (χ0n) is 19.0. The summed E-state index contributed by atoms with van der Waals surface area (Å²) in [5.74, 6) is -1.83. The second-order valence-corrected chi connectivity index (χ2v) is 9.10. The normalized spacial score (nSPS) is 21.9. The van der Waals surface area contributed by atoms with Crippen molar-refractivity contribution < 1.29 is 33.3 Å². The summed E-state index contributed by atoms with van der Waals surface area (Å²) < 4.78 is 23.5. The van der Waals surface area contributed by atoms with Crippen molar-refractivity contribution in [3.05, 3.63) is 5.69 Å². The predicted molar refractivity (Wildman–Crippen MR) is 126 cm³/mol. The highest BCUT2D eigenvalue weighted by Gasteiger charge is 2.51. The molecule has 1 fully saturated rings. The van der Waals surface area contributed by atoms with Gasteiger partial charge in [0.15, 0.2) is 29.2 Å². The van der Waals surface area contributed by atoms with Crippen LogP contribution < -0.4 is 5.73 Å². The predicted octanol–water partition coefficient (Wildman–Crippen LogP) is 1.23. The van der Waals surface area contributed by atoms with Gasteiger partial charge < -0.3 is 24.7 Å². The maximum Gasteiger partial charge on any atom is 0.303 e. The quantitative estimate of drug-likeness (QED) is 0.130. The Labute approximate surface area is 208 Å². The fourth-order valence-corrected chi connectivity index (χ4v) is 4.60. The molecule has 0 amide bonds. The lowest BCUT2D eigenvalue weighted by Crippen LogP contribution is -2.40. The smallest absolute Gasteiger partial charge is 0.303 e. The van der Waals surface area contributed by atoms with Crippen LogP contribution in [0.3, 0.4) is 0 Å². The number of fused-ring (bicyclic) bond motifs is 1. The highest BCUT2D eigenvalue weighted by molar-refractivity contribution is 7.99. The molecule has 0 spiro atoms. The van der Waals surface area contributed by atoms with Crippen molar-refractivity contribution in [3.8, 4) is 0 Å². The monoisotopic (exact) mass is 529 g/mol. The van der Waals surface area contributed by atoms with Crippen LogP contribution >= 0.6 is 35.7 Å². The molecule has 184 valence electrons.